The van der Waals surface area contributed by atoms with Crippen molar-refractivity contribution in [1.29, 1.82) is 0 Å². The minimum atomic E-state index is 0. The fourth-order valence-electron chi connectivity index (χ4n) is 2.17. The summed E-state index contributed by atoms with van der Waals surface area (Å²) in [6, 6.07) is 7.65. The summed E-state index contributed by atoms with van der Waals surface area (Å²) in [5.74, 6) is 0.869. The molecular formula is C17H28ClIN4O. The molecule has 5 nitrogen and oxygen atoms in total. The van der Waals surface area contributed by atoms with Crippen LogP contribution >= 0.6 is 35.6 Å². The normalized spacial score (nSPS) is 10.8. The van der Waals surface area contributed by atoms with Crippen molar-refractivity contribution in [2.45, 2.75) is 33.7 Å². The number of nitrogens with zero attached hydrogens (tertiary/aromatic N) is 2. The average Bonchev–Trinajstić information content (AvgIpc) is 2.54. The van der Waals surface area contributed by atoms with Gasteiger partial charge in [-0.1, -0.05) is 23.7 Å². The second-order valence-electron chi connectivity index (χ2n) is 5.07. The number of amides is 1. The van der Waals surface area contributed by atoms with Crippen molar-refractivity contribution in [3.05, 3.63) is 34.9 Å². The minimum Gasteiger partial charge on any atom is -0.357 e. The number of nitrogens with one attached hydrogen (secondary N) is 2. The first-order valence-corrected chi connectivity index (χ1v) is 8.52. The molecule has 0 aliphatic heterocycles. The van der Waals surface area contributed by atoms with Crippen LogP contribution in [0.3, 0.4) is 0 Å². The fourth-order valence-corrected chi connectivity index (χ4v) is 2.38. The maximum atomic E-state index is 12.0. The number of halogens is 2. The highest BCUT2D eigenvalue weighted by Gasteiger charge is 2.09. The summed E-state index contributed by atoms with van der Waals surface area (Å²) in [7, 11) is 0. The Labute approximate surface area is 167 Å². The van der Waals surface area contributed by atoms with Crippen molar-refractivity contribution in [3.8, 4) is 0 Å². The molecule has 0 fully saturated rings. The summed E-state index contributed by atoms with van der Waals surface area (Å²) >= 11 is 5.98. The van der Waals surface area contributed by atoms with Crippen molar-refractivity contribution >= 4 is 47.4 Å². The molecule has 0 aliphatic rings. The summed E-state index contributed by atoms with van der Waals surface area (Å²) in [5, 5.41) is 7.09. The molecular weight excluding hydrogens is 439 g/mol. The number of hydrogen-bond donors (Lipinski definition) is 2. The van der Waals surface area contributed by atoms with Gasteiger partial charge in [-0.15, -0.1) is 24.0 Å². The molecule has 7 heteroatoms. The van der Waals surface area contributed by atoms with Gasteiger partial charge in [0.05, 0.1) is 6.54 Å². The van der Waals surface area contributed by atoms with Gasteiger partial charge in [0, 0.05) is 37.6 Å². The van der Waals surface area contributed by atoms with E-state index in [1.165, 1.54) is 0 Å². The van der Waals surface area contributed by atoms with Gasteiger partial charge in [-0.25, -0.2) is 4.99 Å². The molecule has 1 aromatic carbocycles. The van der Waals surface area contributed by atoms with Gasteiger partial charge in [0.1, 0.15) is 0 Å². The SMILES string of the molecule is CCNC(=NCc1cccc(Cl)c1)NCCC(=O)N(CC)CC.I. The summed E-state index contributed by atoms with van der Waals surface area (Å²) in [5.41, 5.74) is 1.05. The third-order valence-corrected chi connectivity index (χ3v) is 3.64. The Morgan fingerprint density at radius 2 is 1.92 bits per heavy atom. The molecule has 0 spiro atoms. The molecule has 1 aromatic rings. The van der Waals surface area contributed by atoms with E-state index >= 15 is 0 Å². The molecule has 0 aliphatic carbocycles. The topological polar surface area (TPSA) is 56.7 Å². The Bertz CT molecular complexity index is 521. The quantitative estimate of drug-likeness (QED) is 0.351. The van der Waals surface area contributed by atoms with Crippen LogP contribution in [0.1, 0.15) is 32.8 Å². The van der Waals surface area contributed by atoms with Crippen LogP contribution in [0.5, 0.6) is 0 Å². The number of guanidine groups is 1. The van der Waals surface area contributed by atoms with Crippen LogP contribution in [-0.2, 0) is 11.3 Å². The molecule has 1 rings (SSSR count). The second-order valence-corrected chi connectivity index (χ2v) is 5.50. The zero-order valence-corrected chi connectivity index (χ0v) is 17.7. The fraction of sp³-hybridized carbons (Fsp3) is 0.529. The predicted octanol–water partition coefficient (Wildman–Crippen LogP) is 3.27. The summed E-state index contributed by atoms with van der Waals surface area (Å²) in [4.78, 5) is 18.3. The molecule has 2 N–H and O–H groups in total. The molecule has 0 unspecified atom stereocenters. The summed E-state index contributed by atoms with van der Waals surface area (Å²) in [6.45, 7) is 9.37. The van der Waals surface area contributed by atoms with E-state index in [1.807, 2.05) is 49.9 Å². The molecule has 136 valence electrons. The van der Waals surface area contributed by atoms with E-state index in [0.29, 0.717) is 30.5 Å². The molecule has 24 heavy (non-hydrogen) atoms. The highest BCUT2D eigenvalue weighted by atomic mass is 127. The van der Waals surface area contributed by atoms with Gasteiger partial charge in [-0.2, -0.15) is 0 Å². The zero-order chi connectivity index (χ0) is 17.1. The van der Waals surface area contributed by atoms with Crippen molar-refractivity contribution in [1.82, 2.24) is 15.5 Å². The number of carbonyl (C=O) groups excluding carboxylic acids is 1. The molecule has 0 saturated heterocycles. The maximum absolute atomic E-state index is 12.0. The summed E-state index contributed by atoms with van der Waals surface area (Å²) in [6.07, 6.45) is 0.462. The number of carbonyl (C=O) groups is 1. The van der Waals surface area contributed by atoms with E-state index in [9.17, 15) is 4.79 Å². The molecule has 0 atom stereocenters. The van der Waals surface area contributed by atoms with E-state index in [-0.39, 0.29) is 29.9 Å². The van der Waals surface area contributed by atoms with E-state index in [2.05, 4.69) is 15.6 Å². The van der Waals surface area contributed by atoms with Gasteiger partial charge in [-0.05, 0) is 38.5 Å². The Morgan fingerprint density at radius 3 is 2.50 bits per heavy atom. The van der Waals surface area contributed by atoms with Crippen molar-refractivity contribution < 1.29 is 4.79 Å². The largest absolute Gasteiger partial charge is 0.357 e. The van der Waals surface area contributed by atoms with Gasteiger partial charge in [0.25, 0.3) is 0 Å². The molecule has 0 heterocycles. The number of rotatable bonds is 8. The lowest BCUT2D eigenvalue weighted by Crippen LogP contribution is -2.40. The lowest BCUT2D eigenvalue weighted by Gasteiger charge is -2.19. The van der Waals surface area contributed by atoms with Crippen LogP contribution in [0.4, 0.5) is 0 Å². The smallest absolute Gasteiger partial charge is 0.224 e. The van der Waals surface area contributed by atoms with Crippen LogP contribution in [0.25, 0.3) is 0 Å². The van der Waals surface area contributed by atoms with E-state index in [0.717, 1.165) is 25.2 Å². The van der Waals surface area contributed by atoms with E-state index < -0.39 is 0 Å². The summed E-state index contributed by atoms with van der Waals surface area (Å²) < 4.78 is 0. The lowest BCUT2D eigenvalue weighted by molar-refractivity contribution is -0.130. The van der Waals surface area contributed by atoms with Crippen LogP contribution < -0.4 is 10.6 Å². The number of aliphatic imine (C=N–C) groups is 1. The first-order chi connectivity index (χ1) is 11.1. The zero-order valence-electron chi connectivity index (χ0n) is 14.6. The molecule has 0 radical (unpaired) electrons. The van der Waals surface area contributed by atoms with Crippen molar-refractivity contribution in [3.63, 3.8) is 0 Å². The highest BCUT2D eigenvalue weighted by molar-refractivity contribution is 14.0. The molecule has 0 saturated carbocycles. The Morgan fingerprint density at radius 1 is 1.21 bits per heavy atom. The van der Waals surface area contributed by atoms with Gasteiger partial charge in [0.15, 0.2) is 5.96 Å². The monoisotopic (exact) mass is 466 g/mol. The van der Waals surface area contributed by atoms with E-state index in [1.54, 1.807) is 0 Å². The van der Waals surface area contributed by atoms with E-state index in [4.69, 9.17) is 11.6 Å². The van der Waals surface area contributed by atoms with Gasteiger partial charge in [0.2, 0.25) is 5.91 Å². The van der Waals surface area contributed by atoms with Crippen LogP contribution in [-0.4, -0.2) is 42.9 Å². The Balaban J connectivity index is 0.00000529. The molecule has 0 bridgehead atoms. The van der Waals surface area contributed by atoms with Gasteiger partial charge < -0.3 is 15.5 Å². The molecule has 0 aromatic heterocycles. The predicted molar refractivity (Wildman–Crippen MR) is 112 cm³/mol. The van der Waals surface area contributed by atoms with Crippen LogP contribution in [0.15, 0.2) is 29.3 Å². The Kier molecular flexibility index (Phi) is 12.7. The third-order valence-electron chi connectivity index (χ3n) is 3.40. The highest BCUT2D eigenvalue weighted by Crippen LogP contribution is 2.11. The number of benzene rings is 1. The van der Waals surface area contributed by atoms with Crippen molar-refractivity contribution in [2.24, 2.45) is 4.99 Å². The maximum Gasteiger partial charge on any atom is 0.224 e. The van der Waals surface area contributed by atoms with Crippen LogP contribution in [0, 0.1) is 0 Å². The number of hydrogen-bond acceptors (Lipinski definition) is 2. The average molecular weight is 467 g/mol. The van der Waals surface area contributed by atoms with Crippen molar-refractivity contribution in [2.75, 3.05) is 26.2 Å². The van der Waals surface area contributed by atoms with Crippen LogP contribution in [0.2, 0.25) is 5.02 Å². The lowest BCUT2D eigenvalue weighted by atomic mass is 10.2. The first-order valence-electron chi connectivity index (χ1n) is 8.15. The Hall–Kier alpha value is -1.02. The van der Waals surface area contributed by atoms with Gasteiger partial charge >= 0.3 is 0 Å². The second kappa shape index (κ2) is 13.3. The third kappa shape index (κ3) is 8.73. The molecule has 1 amide bonds. The van der Waals surface area contributed by atoms with Gasteiger partial charge in [-0.3, -0.25) is 4.79 Å². The first kappa shape index (κ1) is 23.0. The standard InChI is InChI=1S/C17H27ClN4O.HI/c1-4-19-17(20-11-10-16(23)22(5-2)6-3)21-13-14-8-7-9-15(18)12-14;/h7-9,12H,4-6,10-11,13H2,1-3H3,(H2,19,20,21);1H. The minimum absolute atomic E-state index is 0.